The highest BCUT2D eigenvalue weighted by atomic mass is 79.9. The van der Waals surface area contributed by atoms with Gasteiger partial charge < -0.3 is 9.15 Å². The molecule has 3 rings (SSSR count). The number of rotatable bonds is 4. The van der Waals surface area contributed by atoms with Crippen molar-refractivity contribution in [2.75, 3.05) is 6.61 Å². The first-order chi connectivity index (χ1) is 9.70. The number of aromatic nitrogens is 2. The van der Waals surface area contributed by atoms with Gasteiger partial charge in [-0.25, -0.2) is 4.98 Å². The molecule has 0 bridgehead atoms. The number of halogens is 1. The van der Waals surface area contributed by atoms with Gasteiger partial charge in [0.25, 0.3) is 0 Å². The number of hydrogen-bond donors (Lipinski definition) is 0. The van der Waals surface area contributed by atoms with Crippen LogP contribution in [0.1, 0.15) is 11.5 Å². The molecule has 0 aliphatic heterocycles. The quantitative estimate of drug-likeness (QED) is 0.726. The van der Waals surface area contributed by atoms with Crippen LogP contribution in [-0.2, 0) is 6.42 Å². The van der Waals surface area contributed by atoms with E-state index in [0.29, 0.717) is 30.1 Å². The Bertz CT molecular complexity index is 740. The molecule has 20 heavy (non-hydrogen) atoms. The summed E-state index contributed by atoms with van der Waals surface area (Å²) in [5.41, 5.74) is 2.49. The zero-order valence-electron chi connectivity index (χ0n) is 11.0. The Morgan fingerprint density at radius 1 is 1.30 bits per heavy atom. The van der Waals surface area contributed by atoms with Crippen LogP contribution in [0.15, 0.2) is 45.4 Å². The van der Waals surface area contributed by atoms with Crippen LogP contribution < -0.4 is 4.74 Å². The van der Waals surface area contributed by atoms with Gasteiger partial charge in [0, 0.05) is 16.7 Å². The van der Waals surface area contributed by atoms with Gasteiger partial charge in [0.05, 0.1) is 13.0 Å². The van der Waals surface area contributed by atoms with Crippen LogP contribution >= 0.6 is 15.9 Å². The monoisotopic (exact) mass is 332 g/mol. The van der Waals surface area contributed by atoms with Crippen LogP contribution in [0, 0.1) is 6.92 Å². The summed E-state index contributed by atoms with van der Waals surface area (Å²) in [7, 11) is 0. The summed E-state index contributed by atoms with van der Waals surface area (Å²) in [5, 5.41) is 0. The Labute approximate surface area is 124 Å². The summed E-state index contributed by atoms with van der Waals surface area (Å²) in [6, 6.07) is 9.82. The number of oxazole rings is 1. The Morgan fingerprint density at radius 3 is 3.05 bits per heavy atom. The lowest BCUT2D eigenvalue weighted by Crippen LogP contribution is -2.01. The SMILES string of the molecule is Cc1cccc(OCCc2nc3ncc(Br)cc3o2)c1. The smallest absolute Gasteiger partial charge is 0.200 e. The molecule has 0 saturated carbocycles. The van der Waals surface area contributed by atoms with Crippen LogP contribution in [0.5, 0.6) is 5.75 Å². The molecule has 0 amide bonds. The number of aryl methyl sites for hydroxylation is 1. The Hall–Kier alpha value is -1.88. The summed E-state index contributed by atoms with van der Waals surface area (Å²) in [6.07, 6.45) is 2.32. The average Bonchev–Trinajstić information content (AvgIpc) is 2.80. The first-order valence-electron chi connectivity index (χ1n) is 6.31. The molecule has 0 unspecified atom stereocenters. The van der Waals surface area contributed by atoms with Crippen molar-refractivity contribution in [2.45, 2.75) is 13.3 Å². The normalized spacial score (nSPS) is 10.9. The van der Waals surface area contributed by atoms with E-state index in [1.165, 1.54) is 5.56 Å². The fourth-order valence-corrected chi connectivity index (χ4v) is 2.22. The fourth-order valence-electron chi connectivity index (χ4n) is 1.91. The van der Waals surface area contributed by atoms with E-state index in [4.69, 9.17) is 9.15 Å². The second-order valence-electron chi connectivity index (χ2n) is 4.50. The van der Waals surface area contributed by atoms with Crippen LogP contribution in [0.3, 0.4) is 0 Å². The average molecular weight is 333 g/mol. The number of fused-ring (bicyclic) bond motifs is 1. The van der Waals surface area contributed by atoms with Crippen LogP contribution in [0.25, 0.3) is 11.2 Å². The van der Waals surface area contributed by atoms with Gasteiger partial charge in [-0.05, 0) is 40.5 Å². The van der Waals surface area contributed by atoms with Gasteiger partial charge in [-0.15, -0.1) is 0 Å². The van der Waals surface area contributed by atoms with Crippen molar-refractivity contribution < 1.29 is 9.15 Å². The maximum Gasteiger partial charge on any atom is 0.200 e. The molecular formula is C15H13BrN2O2. The Balaban J connectivity index is 1.65. The van der Waals surface area contributed by atoms with Gasteiger partial charge in [-0.3, -0.25) is 0 Å². The number of ether oxygens (including phenoxy) is 1. The third-order valence-corrected chi connectivity index (χ3v) is 3.27. The standard InChI is InChI=1S/C15H13BrN2O2/c1-10-3-2-4-12(7-10)19-6-5-14-18-15-13(20-14)8-11(16)9-17-15/h2-4,7-9H,5-6H2,1H3. The summed E-state index contributed by atoms with van der Waals surface area (Å²) >= 11 is 3.36. The topological polar surface area (TPSA) is 48.2 Å². The van der Waals surface area contributed by atoms with Crippen LogP contribution in [-0.4, -0.2) is 16.6 Å². The van der Waals surface area contributed by atoms with E-state index in [9.17, 15) is 0 Å². The van der Waals surface area contributed by atoms with Crippen molar-refractivity contribution >= 4 is 27.2 Å². The highest BCUT2D eigenvalue weighted by molar-refractivity contribution is 9.10. The van der Waals surface area contributed by atoms with Crippen molar-refractivity contribution in [1.29, 1.82) is 0 Å². The van der Waals surface area contributed by atoms with E-state index in [1.807, 2.05) is 37.3 Å². The van der Waals surface area contributed by atoms with E-state index in [0.717, 1.165) is 10.2 Å². The van der Waals surface area contributed by atoms with Gasteiger partial charge in [0.15, 0.2) is 17.1 Å². The molecule has 0 atom stereocenters. The van der Waals surface area contributed by atoms with Gasteiger partial charge in [0.2, 0.25) is 0 Å². The summed E-state index contributed by atoms with van der Waals surface area (Å²) in [6.45, 7) is 2.56. The molecule has 0 spiro atoms. The largest absolute Gasteiger partial charge is 0.493 e. The molecule has 5 heteroatoms. The molecule has 0 aliphatic rings. The maximum atomic E-state index is 5.68. The molecule has 3 aromatic rings. The van der Waals surface area contributed by atoms with E-state index in [-0.39, 0.29) is 0 Å². The molecular weight excluding hydrogens is 320 g/mol. The molecule has 0 saturated heterocycles. The van der Waals surface area contributed by atoms with Crippen molar-refractivity contribution in [3.8, 4) is 5.75 Å². The lowest BCUT2D eigenvalue weighted by Gasteiger charge is -2.04. The van der Waals surface area contributed by atoms with Gasteiger partial charge >= 0.3 is 0 Å². The lowest BCUT2D eigenvalue weighted by molar-refractivity contribution is 0.308. The Kier molecular flexibility index (Phi) is 3.69. The Morgan fingerprint density at radius 2 is 2.20 bits per heavy atom. The minimum absolute atomic E-state index is 0.525. The third kappa shape index (κ3) is 2.99. The highest BCUT2D eigenvalue weighted by Gasteiger charge is 2.07. The second-order valence-corrected chi connectivity index (χ2v) is 5.41. The zero-order chi connectivity index (χ0) is 13.9. The number of nitrogens with zero attached hydrogens (tertiary/aromatic N) is 2. The number of pyridine rings is 1. The minimum Gasteiger partial charge on any atom is -0.493 e. The third-order valence-electron chi connectivity index (χ3n) is 2.83. The first-order valence-corrected chi connectivity index (χ1v) is 7.10. The molecule has 4 nitrogen and oxygen atoms in total. The molecule has 0 radical (unpaired) electrons. The van der Waals surface area contributed by atoms with E-state index >= 15 is 0 Å². The van der Waals surface area contributed by atoms with Crippen molar-refractivity contribution in [3.05, 3.63) is 52.5 Å². The molecule has 1 aromatic carbocycles. The molecule has 0 fully saturated rings. The number of hydrogen-bond acceptors (Lipinski definition) is 4. The minimum atomic E-state index is 0.525. The van der Waals surface area contributed by atoms with E-state index < -0.39 is 0 Å². The van der Waals surface area contributed by atoms with Crippen molar-refractivity contribution in [1.82, 2.24) is 9.97 Å². The predicted molar refractivity (Wildman–Crippen MR) is 79.9 cm³/mol. The van der Waals surface area contributed by atoms with Crippen LogP contribution in [0.4, 0.5) is 0 Å². The molecule has 0 N–H and O–H groups in total. The van der Waals surface area contributed by atoms with E-state index in [1.54, 1.807) is 6.20 Å². The maximum absolute atomic E-state index is 5.68. The second kappa shape index (κ2) is 5.63. The molecule has 2 aromatic heterocycles. The lowest BCUT2D eigenvalue weighted by atomic mass is 10.2. The molecule has 0 aliphatic carbocycles. The van der Waals surface area contributed by atoms with Gasteiger partial charge in [-0.1, -0.05) is 12.1 Å². The summed E-state index contributed by atoms with van der Waals surface area (Å²) in [4.78, 5) is 8.51. The van der Waals surface area contributed by atoms with E-state index in [2.05, 4.69) is 25.9 Å². The first kappa shape index (κ1) is 13.1. The fraction of sp³-hybridized carbons (Fsp3) is 0.200. The summed E-state index contributed by atoms with van der Waals surface area (Å²) in [5.74, 6) is 1.50. The van der Waals surface area contributed by atoms with Gasteiger partial charge in [-0.2, -0.15) is 4.98 Å². The van der Waals surface area contributed by atoms with Crippen LogP contribution in [0.2, 0.25) is 0 Å². The number of benzene rings is 1. The van der Waals surface area contributed by atoms with Crippen molar-refractivity contribution in [3.63, 3.8) is 0 Å². The highest BCUT2D eigenvalue weighted by Crippen LogP contribution is 2.18. The zero-order valence-corrected chi connectivity index (χ0v) is 12.6. The van der Waals surface area contributed by atoms with Gasteiger partial charge in [0.1, 0.15) is 5.75 Å². The molecule has 102 valence electrons. The predicted octanol–water partition coefficient (Wildman–Crippen LogP) is 3.92. The van der Waals surface area contributed by atoms with Crippen molar-refractivity contribution in [2.24, 2.45) is 0 Å². The molecule has 2 heterocycles. The summed E-state index contributed by atoms with van der Waals surface area (Å²) < 4.78 is 12.2.